The highest BCUT2D eigenvalue weighted by molar-refractivity contribution is 6.31. The van der Waals surface area contributed by atoms with Crippen LogP contribution in [0.5, 0.6) is 0 Å². The Hall–Kier alpha value is -1.53. The minimum absolute atomic E-state index is 0.137. The van der Waals surface area contributed by atoms with E-state index in [1.54, 1.807) is 13.8 Å². The topological polar surface area (TPSA) is 61.1 Å². The molecule has 0 heterocycles. The van der Waals surface area contributed by atoms with Crippen molar-refractivity contribution in [2.75, 3.05) is 0 Å². The van der Waals surface area contributed by atoms with Gasteiger partial charge in [-0.25, -0.2) is 4.79 Å². The molecule has 0 aliphatic rings. The lowest BCUT2D eigenvalue weighted by atomic mass is 9.85. The van der Waals surface area contributed by atoms with E-state index < -0.39 is 11.4 Å². The van der Waals surface area contributed by atoms with Gasteiger partial charge in [0.2, 0.25) is 0 Å². The van der Waals surface area contributed by atoms with E-state index in [9.17, 15) is 4.79 Å². The first-order valence-electron chi connectivity index (χ1n) is 4.33. The second kappa shape index (κ2) is 3.92. The standard InChI is InChI=1S/C11H10ClNO2/c1-11(2,6-13)8-5-7(10(14)15)3-4-9(8)12/h3-5H,1-2H3,(H,14,15). The lowest BCUT2D eigenvalue weighted by molar-refractivity contribution is 0.0697. The molecule has 1 aromatic rings. The molecular formula is C11H10ClNO2. The summed E-state index contributed by atoms with van der Waals surface area (Å²) in [6.45, 7) is 3.39. The van der Waals surface area contributed by atoms with E-state index in [2.05, 4.69) is 6.07 Å². The Labute approximate surface area is 92.9 Å². The minimum atomic E-state index is -1.03. The quantitative estimate of drug-likeness (QED) is 0.839. The summed E-state index contributed by atoms with van der Waals surface area (Å²) in [6.07, 6.45) is 0. The maximum atomic E-state index is 10.8. The Morgan fingerprint density at radius 3 is 2.60 bits per heavy atom. The van der Waals surface area contributed by atoms with Crippen LogP contribution in [0.1, 0.15) is 29.8 Å². The van der Waals surface area contributed by atoms with Crippen molar-refractivity contribution in [3.63, 3.8) is 0 Å². The predicted molar refractivity (Wildman–Crippen MR) is 57.1 cm³/mol. The number of carbonyl (C=O) groups is 1. The van der Waals surface area contributed by atoms with Gasteiger partial charge in [-0.15, -0.1) is 0 Å². The van der Waals surface area contributed by atoms with Gasteiger partial charge in [-0.1, -0.05) is 11.6 Å². The highest BCUT2D eigenvalue weighted by Crippen LogP contribution is 2.30. The number of rotatable bonds is 2. The monoisotopic (exact) mass is 223 g/mol. The summed E-state index contributed by atoms with van der Waals surface area (Å²) in [5.41, 5.74) is -0.119. The molecule has 0 unspecified atom stereocenters. The van der Waals surface area contributed by atoms with Crippen molar-refractivity contribution in [2.45, 2.75) is 19.3 Å². The zero-order chi connectivity index (χ0) is 11.6. The second-order valence-electron chi connectivity index (χ2n) is 3.74. The Kier molecular flexibility index (Phi) is 3.01. The lowest BCUT2D eigenvalue weighted by Gasteiger charge is -2.17. The van der Waals surface area contributed by atoms with Gasteiger partial charge in [0, 0.05) is 5.02 Å². The summed E-state index contributed by atoms with van der Waals surface area (Å²) in [7, 11) is 0. The molecule has 0 aromatic heterocycles. The fourth-order valence-corrected chi connectivity index (χ4v) is 1.55. The molecule has 0 aliphatic carbocycles. The van der Waals surface area contributed by atoms with E-state index in [0.29, 0.717) is 10.6 Å². The van der Waals surface area contributed by atoms with Crippen molar-refractivity contribution in [3.8, 4) is 6.07 Å². The van der Waals surface area contributed by atoms with Crippen LogP contribution in [-0.4, -0.2) is 11.1 Å². The molecule has 4 heteroatoms. The first-order chi connectivity index (χ1) is 6.88. The first-order valence-corrected chi connectivity index (χ1v) is 4.71. The molecule has 0 radical (unpaired) electrons. The normalized spacial score (nSPS) is 10.8. The van der Waals surface area contributed by atoms with Crippen LogP contribution >= 0.6 is 11.6 Å². The van der Waals surface area contributed by atoms with Crippen molar-refractivity contribution >= 4 is 17.6 Å². The van der Waals surface area contributed by atoms with Gasteiger partial charge in [0.05, 0.1) is 17.0 Å². The third-order valence-electron chi connectivity index (χ3n) is 2.17. The van der Waals surface area contributed by atoms with Gasteiger partial charge >= 0.3 is 5.97 Å². The predicted octanol–water partition coefficient (Wildman–Crippen LogP) is 2.84. The van der Waals surface area contributed by atoms with Crippen molar-refractivity contribution in [3.05, 3.63) is 34.3 Å². The number of carboxylic acid groups (broad SMARTS) is 1. The Morgan fingerprint density at radius 1 is 1.53 bits per heavy atom. The number of nitrogens with zero attached hydrogens (tertiary/aromatic N) is 1. The smallest absolute Gasteiger partial charge is 0.335 e. The molecule has 0 aliphatic heterocycles. The van der Waals surface area contributed by atoms with Gasteiger partial charge in [-0.3, -0.25) is 0 Å². The van der Waals surface area contributed by atoms with Crippen LogP contribution in [0.3, 0.4) is 0 Å². The van der Waals surface area contributed by atoms with Crippen LogP contribution in [0.25, 0.3) is 0 Å². The molecule has 0 spiro atoms. The molecule has 0 fully saturated rings. The zero-order valence-corrected chi connectivity index (χ0v) is 9.17. The number of halogens is 1. The number of carboxylic acids is 1. The van der Waals surface area contributed by atoms with Crippen molar-refractivity contribution < 1.29 is 9.90 Å². The summed E-state index contributed by atoms with van der Waals surface area (Å²) < 4.78 is 0. The van der Waals surface area contributed by atoms with Gasteiger partial charge in [0.15, 0.2) is 0 Å². The first kappa shape index (κ1) is 11.5. The van der Waals surface area contributed by atoms with E-state index in [-0.39, 0.29) is 5.56 Å². The van der Waals surface area contributed by atoms with Gasteiger partial charge in [-0.2, -0.15) is 5.26 Å². The lowest BCUT2D eigenvalue weighted by Crippen LogP contribution is -2.15. The van der Waals surface area contributed by atoms with Crippen LogP contribution in [0.15, 0.2) is 18.2 Å². The van der Waals surface area contributed by atoms with E-state index in [1.807, 2.05) is 0 Å². The molecule has 15 heavy (non-hydrogen) atoms. The zero-order valence-electron chi connectivity index (χ0n) is 8.41. The van der Waals surface area contributed by atoms with Crippen LogP contribution in [0, 0.1) is 11.3 Å². The summed E-state index contributed by atoms with van der Waals surface area (Å²) in [5.74, 6) is -1.03. The van der Waals surface area contributed by atoms with Crippen molar-refractivity contribution in [2.24, 2.45) is 0 Å². The minimum Gasteiger partial charge on any atom is -0.478 e. The SMILES string of the molecule is CC(C)(C#N)c1cc(C(=O)O)ccc1Cl. The summed E-state index contributed by atoms with van der Waals surface area (Å²) in [6, 6.07) is 6.44. The molecule has 0 saturated heterocycles. The van der Waals surface area contributed by atoms with Crippen LogP contribution in [-0.2, 0) is 5.41 Å². The van der Waals surface area contributed by atoms with E-state index in [0.717, 1.165) is 0 Å². The highest BCUT2D eigenvalue weighted by Gasteiger charge is 2.23. The summed E-state index contributed by atoms with van der Waals surface area (Å²) >= 11 is 5.92. The molecule has 78 valence electrons. The van der Waals surface area contributed by atoms with Crippen LogP contribution < -0.4 is 0 Å². The number of benzene rings is 1. The van der Waals surface area contributed by atoms with Crippen molar-refractivity contribution in [1.82, 2.24) is 0 Å². The number of nitriles is 1. The van der Waals surface area contributed by atoms with E-state index in [4.69, 9.17) is 22.0 Å². The van der Waals surface area contributed by atoms with E-state index >= 15 is 0 Å². The fourth-order valence-electron chi connectivity index (χ4n) is 1.20. The molecule has 0 bridgehead atoms. The third kappa shape index (κ3) is 2.28. The van der Waals surface area contributed by atoms with Gasteiger partial charge in [-0.05, 0) is 37.6 Å². The summed E-state index contributed by atoms with van der Waals surface area (Å²) in [4.78, 5) is 10.8. The van der Waals surface area contributed by atoms with Gasteiger partial charge in [0.1, 0.15) is 0 Å². The van der Waals surface area contributed by atoms with Crippen molar-refractivity contribution in [1.29, 1.82) is 5.26 Å². The van der Waals surface area contributed by atoms with Gasteiger partial charge < -0.3 is 5.11 Å². The third-order valence-corrected chi connectivity index (χ3v) is 2.50. The second-order valence-corrected chi connectivity index (χ2v) is 4.14. The highest BCUT2D eigenvalue weighted by atomic mass is 35.5. The van der Waals surface area contributed by atoms with Gasteiger partial charge in [0.25, 0.3) is 0 Å². The molecule has 1 aromatic carbocycles. The molecule has 0 atom stereocenters. The molecular weight excluding hydrogens is 214 g/mol. The maximum Gasteiger partial charge on any atom is 0.335 e. The van der Waals surface area contributed by atoms with E-state index in [1.165, 1.54) is 18.2 Å². The number of aromatic carboxylic acids is 1. The summed E-state index contributed by atoms with van der Waals surface area (Å²) in [5, 5.41) is 18.2. The average molecular weight is 224 g/mol. The van der Waals surface area contributed by atoms with Crippen LogP contribution in [0.4, 0.5) is 0 Å². The Morgan fingerprint density at radius 2 is 2.13 bits per heavy atom. The van der Waals surface area contributed by atoms with Crippen LogP contribution in [0.2, 0.25) is 5.02 Å². The Bertz CT molecular complexity index is 446. The molecule has 0 amide bonds. The maximum absolute atomic E-state index is 10.8. The average Bonchev–Trinajstić information content (AvgIpc) is 2.17. The molecule has 1 N–H and O–H groups in total. The molecule has 1 rings (SSSR count). The number of hydrogen-bond donors (Lipinski definition) is 1. The largest absolute Gasteiger partial charge is 0.478 e. The fraction of sp³-hybridized carbons (Fsp3) is 0.273. The molecule has 3 nitrogen and oxygen atoms in total. The number of hydrogen-bond acceptors (Lipinski definition) is 2. The Balaban J connectivity index is 3.36. The molecule has 0 saturated carbocycles.